The van der Waals surface area contributed by atoms with Gasteiger partial charge < -0.3 is 4.74 Å². The summed E-state index contributed by atoms with van der Waals surface area (Å²) >= 11 is 0. The molecule has 0 aliphatic carbocycles. The van der Waals surface area contributed by atoms with Gasteiger partial charge in [0.1, 0.15) is 0 Å². The second-order valence-electron chi connectivity index (χ2n) is 3.77. The van der Waals surface area contributed by atoms with Gasteiger partial charge in [0.2, 0.25) is 0 Å². The first-order chi connectivity index (χ1) is 6.88. The lowest BCUT2D eigenvalue weighted by Crippen LogP contribution is -2.51. The van der Waals surface area contributed by atoms with Crippen LogP contribution in [0.3, 0.4) is 0 Å². The molecule has 1 saturated heterocycles. The molecule has 0 saturated carbocycles. The van der Waals surface area contributed by atoms with E-state index < -0.39 is 0 Å². The number of ether oxygens (including phenoxy) is 1. The van der Waals surface area contributed by atoms with Crippen molar-refractivity contribution < 1.29 is 4.74 Å². The maximum atomic E-state index is 5.75. The fourth-order valence-corrected chi connectivity index (χ4v) is 1.67. The third-order valence-electron chi connectivity index (χ3n) is 2.70. The standard InChI is InChI=1S/C12H17NO/c1-2-13-8-12(9-13)14-10-11-6-4-3-5-7-11/h3-7,12H,2,8-10H2,1H3. The molecule has 2 nitrogen and oxygen atoms in total. The fourth-order valence-electron chi connectivity index (χ4n) is 1.67. The van der Waals surface area contributed by atoms with Gasteiger partial charge in [-0.15, -0.1) is 0 Å². The second-order valence-corrected chi connectivity index (χ2v) is 3.77. The Hall–Kier alpha value is -0.860. The van der Waals surface area contributed by atoms with Crippen LogP contribution in [-0.2, 0) is 11.3 Å². The number of hydrogen-bond acceptors (Lipinski definition) is 2. The van der Waals surface area contributed by atoms with Gasteiger partial charge in [-0.1, -0.05) is 37.3 Å². The van der Waals surface area contributed by atoms with Crippen molar-refractivity contribution in [2.45, 2.75) is 19.6 Å². The predicted molar refractivity (Wildman–Crippen MR) is 57.1 cm³/mol. The van der Waals surface area contributed by atoms with Gasteiger partial charge in [0.25, 0.3) is 0 Å². The van der Waals surface area contributed by atoms with Crippen molar-refractivity contribution in [1.82, 2.24) is 4.90 Å². The highest BCUT2D eigenvalue weighted by Crippen LogP contribution is 2.12. The predicted octanol–water partition coefficient (Wildman–Crippen LogP) is 1.91. The topological polar surface area (TPSA) is 12.5 Å². The number of likely N-dealkylation sites (N-methyl/N-ethyl adjacent to an activating group) is 1. The summed E-state index contributed by atoms with van der Waals surface area (Å²) in [6.07, 6.45) is 0.454. The van der Waals surface area contributed by atoms with E-state index in [1.54, 1.807) is 0 Å². The van der Waals surface area contributed by atoms with Crippen LogP contribution in [0.25, 0.3) is 0 Å². The van der Waals surface area contributed by atoms with Crippen LogP contribution in [0.15, 0.2) is 30.3 Å². The van der Waals surface area contributed by atoms with Crippen molar-refractivity contribution in [2.24, 2.45) is 0 Å². The molecular formula is C12H17NO. The molecule has 0 N–H and O–H groups in total. The zero-order chi connectivity index (χ0) is 9.80. The molecule has 0 spiro atoms. The lowest BCUT2D eigenvalue weighted by atomic mass is 10.1. The maximum absolute atomic E-state index is 5.75. The number of hydrogen-bond donors (Lipinski definition) is 0. The van der Waals surface area contributed by atoms with E-state index in [4.69, 9.17) is 4.74 Å². The zero-order valence-corrected chi connectivity index (χ0v) is 8.65. The largest absolute Gasteiger partial charge is 0.371 e. The highest BCUT2D eigenvalue weighted by atomic mass is 16.5. The maximum Gasteiger partial charge on any atom is 0.0833 e. The van der Waals surface area contributed by atoms with Crippen LogP contribution in [-0.4, -0.2) is 30.6 Å². The highest BCUT2D eigenvalue weighted by molar-refractivity contribution is 5.13. The summed E-state index contributed by atoms with van der Waals surface area (Å²) in [6.45, 7) is 6.29. The Labute approximate surface area is 85.5 Å². The van der Waals surface area contributed by atoms with E-state index in [0.29, 0.717) is 6.10 Å². The van der Waals surface area contributed by atoms with Crippen LogP contribution in [0, 0.1) is 0 Å². The molecular weight excluding hydrogens is 174 g/mol. The van der Waals surface area contributed by atoms with Crippen molar-refractivity contribution in [3.8, 4) is 0 Å². The quantitative estimate of drug-likeness (QED) is 0.720. The number of nitrogens with zero attached hydrogens (tertiary/aromatic N) is 1. The molecule has 14 heavy (non-hydrogen) atoms. The molecule has 1 aliphatic heterocycles. The number of rotatable bonds is 4. The van der Waals surface area contributed by atoms with E-state index >= 15 is 0 Å². The molecule has 0 amide bonds. The molecule has 1 aromatic rings. The van der Waals surface area contributed by atoms with Gasteiger partial charge in [0.05, 0.1) is 12.7 Å². The van der Waals surface area contributed by atoms with Crippen LogP contribution < -0.4 is 0 Å². The Bertz CT molecular complexity index is 267. The third kappa shape index (κ3) is 2.34. The van der Waals surface area contributed by atoms with Gasteiger partial charge in [0, 0.05) is 13.1 Å². The van der Waals surface area contributed by atoms with Crippen LogP contribution in [0.2, 0.25) is 0 Å². The summed E-state index contributed by atoms with van der Waals surface area (Å²) in [5, 5.41) is 0. The summed E-state index contributed by atoms with van der Waals surface area (Å²) in [7, 11) is 0. The first-order valence-corrected chi connectivity index (χ1v) is 5.26. The number of likely N-dealkylation sites (tertiary alicyclic amines) is 1. The van der Waals surface area contributed by atoms with E-state index in [-0.39, 0.29) is 0 Å². The molecule has 2 heteroatoms. The van der Waals surface area contributed by atoms with Gasteiger partial charge in [-0.25, -0.2) is 0 Å². The monoisotopic (exact) mass is 191 g/mol. The summed E-state index contributed by atoms with van der Waals surface area (Å²) in [5.41, 5.74) is 1.27. The summed E-state index contributed by atoms with van der Waals surface area (Å²) in [4.78, 5) is 2.38. The number of benzene rings is 1. The molecule has 76 valence electrons. The summed E-state index contributed by atoms with van der Waals surface area (Å²) in [6, 6.07) is 10.4. The van der Waals surface area contributed by atoms with Crippen LogP contribution in [0.1, 0.15) is 12.5 Å². The molecule has 1 aliphatic rings. The van der Waals surface area contributed by atoms with Gasteiger partial charge in [-0.3, -0.25) is 4.90 Å². The smallest absolute Gasteiger partial charge is 0.0833 e. The molecule has 1 heterocycles. The third-order valence-corrected chi connectivity index (χ3v) is 2.70. The molecule has 1 aromatic carbocycles. The average Bonchev–Trinajstić information content (AvgIpc) is 2.17. The van der Waals surface area contributed by atoms with Gasteiger partial charge in [-0.05, 0) is 12.1 Å². The van der Waals surface area contributed by atoms with Crippen molar-refractivity contribution in [3.63, 3.8) is 0 Å². The van der Waals surface area contributed by atoms with Gasteiger partial charge in [0.15, 0.2) is 0 Å². The molecule has 0 atom stereocenters. The molecule has 0 bridgehead atoms. The SMILES string of the molecule is CCN1CC(OCc2ccccc2)C1. The van der Waals surface area contributed by atoms with E-state index in [2.05, 4.69) is 36.1 Å². The van der Waals surface area contributed by atoms with Crippen molar-refractivity contribution >= 4 is 0 Å². The molecule has 0 radical (unpaired) electrons. The minimum absolute atomic E-state index is 0.454. The Balaban J connectivity index is 1.69. The lowest BCUT2D eigenvalue weighted by molar-refractivity contribution is -0.0603. The Morgan fingerprint density at radius 2 is 2.00 bits per heavy atom. The zero-order valence-electron chi connectivity index (χ0n) is 8.65. The highest BCUT2D eigenvalue weighted by Gasteiger charge is 2.25. The van der Waals surface area contributed by atoms with Gasteiger partial charge >= 0.3 is 0 Å². The fraction of sp³-hybridized carbons (Fsp3) is 0.500. The van der Waals surface area contributed by atoms with Gasteiger partial charge in [-0.2, -0.15) is 0 Å². The van der Waals surface area contributed by atoms with Crippen molar-refractivity contribution in [2.75, 3.05) is 19.6 Å². The van der Waals surface area contributed by atoms with E-state index in [1.807, 2.05) is 6.07 Å². The molecule has 0 unspecified atom stereocenters. The van der Waals surface area contributed by atoms with E-state index in [0.717, 1.165) is 26.2 Å². The van der Waals surface area contributed by atoms with Crippen LogP contribution in [0.5, 0.6) is 0 Å². The second kappa shape index (κ2) is 4.58. The first-order valence-electron chi connectivity index (χ1n) is 5.26. The van der Waals surface area contributed by atoms with Crippen LogP contribution in [0.4, 0.5) is 0 Å². The van der Waals surface area contributed by atoms with E-state index in [9.17, 15) is 0 Å². The lowest BCUT2D eigenvalue weighted by Gasteiger charge is -2.38. The van der Waals surface area contributed by atoms with Crippen molar-refractivity contribution in [1.29, 1.82) is 0 Å². The van der Waals surface area contributed by atoms with Crippen molar-refractivity contribution in [3.05, 3.63) is 35.9 Å². The molecule has 2 rings (SSSR count). The minimum Gasteiger partial charge on any atom is -0.371 e. The Kier molecular flexibility index (Phi) is 3.17. The normalized spacial score (nSPS) is 18.1. The average molecular weight is 191 g/mol. The molecule has 1 fully saturated rings. The van der Waals surface area contributed by atoms with Crippen LogP contribution >= 0.6 is 0 Å². The van der Waals surface area contributed by atoms with E-state index in [1.165, 1.54) is 5.56 Å². The Morgan fingerprint density at radius 3 is 2.64 bits per heavy atom. The summed E-state index contributed by atoms with van der Waals surface area (Å²) in [5.74, 6) is 0. The first kappa shape index (κ1) is 9.69. The molecule has 0 aromatic heterocycles. The Morgan fingerprint density at radius 1 is 1.29 bits per heavy atom. The summed E-state index contributed by atoms with van der Waals surface area (Å²) < 4.78 is 5.75. The minimum atomic E-state index is 0.454.